The van der Waals surface area contributed by atoms with Crippen molar-refractivity contribution in [3.8, 4) is 5.75 Å². The SMILES string of the molecule is COc1cc(NC(=O)CC(=O)O)c([N+](=O)[O-])cc1[N+](=O)[O-]. The van der Waals surface area contributed by atoms with Crippen molar-refractivity contribution < 1.29 is 29.3 Å². The number of nitro benzene ring substituents is 2. The molecule has 0 spiro atoms. The highest BCUT2D eigenvalue weighted by Crippen LogP contribution is 2.37. The number of ether oxygens (including phenoxy) is 1. The summed E-state index contributed by atoms with van der Waals surface area (Å²) in [5.41, 5.74) is -1.80. The molecule has 11 nitrogen and oxygen atoms in total. The van der Waals surface area contributed by atoms with Crippen LogP contribution in [-0.2, 0) is 9.59 Å². The number of hydrogen-bond acceptors (Lipinski definition) is 7. The first-order chi connectivity index (χ1) is 9.76. The summed E-state index contributed by atoms with van der Waals surface area (Å²) in [4.78, 5) is 41.5. The number of benzene rings is 1. The van der Waals surface area contributed by atoms with E-state index in [2.05, 4.69) is 0 Å². The first-order valence-corrected chi connectivity index (χ1v) is 5.28. The lowest BCUT2D eigenvalue weighted by atomic mass is 10.2. The van der Waals surface area contributed by atoms with Gasteiger partial charge >= 0.3 is 11.7 Å². The molecule has 1 aromatic carbocycles. The number of carboxylic acid groups (broad SMARTS) is 1. The third kappa shape index (κ3) is 3.86. The Labute approximate surface area is 116 Å². The maximum atomic E-state index is 11.3. The van der Waals surface area contributed by atoms with Crippen LogP contribution in [0.1, 0.15) is 6.42 Å². The van der Waals surface area contributed by atoms with Crippen LogP contribution in [-0.4, -0.2) is 33.9 Å². The average molecular weight is 299 g/mol. The fourth-order valence-electron chi connectivity index (χ4n) is 1.45. The van der Waals surface area contributed by atoms with E-state index in [0.717, 1.165) is 13.2 Å². The predicted molar refractivity (Wildman–Crippen MR) is 67.2 cm³/mol. The van der Waals surface area contributed by atoms with Gasteiger partial charge in [0.2, 0.25) is 5.91 Å². The van der Waals surface area contributed by atoms with E-state index in [9.17, 15) is 29.8 Å². The number of nitrogens with zero attached hydrogens (tertiary/aromatic N) is 2. The van der Waals surface area contributed by atoms with Gasteiger partial charge < -0.3 is 15.2 Å². The zero-order valence-corrected chi connectivity index (χ0v) is 10.6. The van der Waals surface area contributed by atoms with Crippen LogP contribution >= 0.6 is 0 Å². The van der Waals surface area contributed by atoms with Gasteiger partial charge in [0.1, 0.15) is 12.1 Å². The van der Waals surface area contributed by atoms with Crippen molar-refractivity contribution in [3.63, 3.8) is 0 Å². The van der Waals surface area contributed by atoms with Crippen LogP contribution in [0.2, 0.25) is 0 Å². The molecule has 0 fully saturated rings. The standard InChI is InChI=1S/C10H9N3O8/c1-21-8-2-5(11-9(14)4-10(15)16)6(12(17)18)3-7(8)13(19)20/h2-3H,4H2,1H3,(H,11,14)(H,15,16). The van der Waals surface area contributed by atoms with E-state index >= 15 is 0 Å². The molecule has 11 heteroatoms. The molecule has 1 amide bonds. The van der Waals surface area contributed by atoms with Crippen molar-refractivity contribution in [2.45, 2.75) is 6.42 Å². The van der Waals surface area contributed by atoms with E-state index in [1.807, 2.05) is 5.32 Å². The predicted octanol–water partition coefficient (Wildman–Crippen LogP) is 0.925. The lowest BCUT2D eigenvalue weighted by molar-refractivity contribution is -0.394. The molecule has 1 rings (SSSR count). The number of hydrogen-bond donors (Lipinski definition) is 2. The molecule has 1 aromatic rings. The van der Waals surface area contributed by atoms with E-state index in [1.54, 1.807) is 0 Å². The average Bonchev–Trinajstić information content (AvgIpc) is 2.36. The highest BCUT2D eigenvalue weighted by molar-refractivity contribution is 6.02. The van der Waals surface area contributed by atoms with Crippen LogP contribution in [0, 0.1) is 20.2 Å². The molecule has 21 heavy (non-hydrogen) atoms. The van der Waals surface area contributed by atoms with Gasteiger partial charge in [0.15, 0.2) is 5.75 Å². The van der Waals surface area contributed by atoms with Crippen molar-refractivity contribution in [1.82, 2.24) is 0 Å². The Kier molecular flexibility index (Phi) is 4.72. The molecule has 0 aromatic heterocycles. The Morgan fingerprint density at radius 1 is 1.24 bits per heavy atom. The minimum atomic E-state index is -1.43. The van der Waals surface area contributed by atoms with Gasteiger partial charge in [-0.15, -0.1) is 0 Å². The molecule has 0 saturated carbocycles. The molecule has 0 bridgehead atoms. The summed E-state index contributed by atoms with van der Waals surface area (Å²) in [6.07, 6.45) is -0.906. The van der Waals surface area contributed by atoms with Crippen molar-refractivity contribution in [2.24, 2.45) is 0 Å². The molecule has 112 valence electrons. The molecule has 0 aliphatic carbocycles. The van der Waals surface area contributed by atoms with Gasteiger partial charge in [-0.3, -0.25) is 29.8 Å². The minimum absolute atomic E-state index is 0.309. The smallest absolute Gasteiger partial charge is 0.317 e. The summed E-state index contributed by atoms with van der Waals surface area (Å²) in [7, 11) is 1.11. The number of nitrogens with one attached hydrogen (secondary N) is 1. The second-order valence-electron chi connectivity index (χ2n) is 3.67. The maximum Gasteiger partial charge on any atom is 0.317 e. The van der Waals surface area contributed by atoms with Crippen LogP contribution in [0.4, 0.5) is 17.1 Å². The number of carbonyl (C=O) groups is 2. The quantitative estimate of drug-likeness (QED) is 0.445. The molecule has 0 aliphatic heterocycles. The van der Waals surface area contributed by atoms with Crippen molar-refractivity contribution in [1.29, 1.82) is 0 Å². The number of rotatable bonds is 6. The largest absolute Gasteiger partial charge is 0.490 e. The van der Waals surface area contributed by atoms with Gasteiger partial charge in [-0.05, 0) is 0 Å². The zero-order valence-electron chi connectivity index (χ0n) is 10.6. The lowest BCUT2D eigenvalue weighted by Crippen LogP contribution is -2.17. The molecule has 0 heterocycles. The van der Waals surface area contributed by atoms with Crippen LogP contribution in [0.5, 0.6) is 5.75 Å². The van der Waals surface area contributed by atoms with E-state index in [1.165, 1.54) is 0 Å². The van der Waals surface area contributed by atoms with Gasteiger partial charge in [-0.1, -0.05) is 0 Å². The van der Waals surface area contributed by atoms with Gasteiger partial charge in [0, 0.05) is 6.07 Å². The van der Waals surface area contributed by atoms with E-state index in [4.69, 9.17) is 9.84 Å². The van der Waals surface area contributed by atoms with Crippen molar-refractivity contribution in [2.75, 3.05) is 12.4 Å². The Hall–Kier alpha value is -3.24. The maximum absolute atomic E-state index is 11.3. The molecular weight excluding hydrogens is 290 g/mol. The summed E-state index contributed by atoms with van der Waals surface area (Å²) >= 11 is 0. The fourth-order valence-corrected chi connectivity index (χ4v) is 1.45. The second-order valence-corrected chi connectivity index (χ2v) is 3.67. The Morgan fingerprint density at radius 2 is 1.81 bits per heavy atom. The van der Waals surface area contributed by atoms with E-state index < -0.39 is 45.2 Å². The third-order valence-electron chi connectivity index (χ3n) is 2.28. The minimum Gasteiger partial charge on any atom is -0.490 e. The first kappa shape index (κ1) is 15.8. The summed E-state index contributed by atoms with van der Waals surface area (Å²) < 4.78 is 4.71. The monoisotopic (exact) mass is 299 g/mol. The summed E-state index contributed by atoms with van der Waals surface area (Å²) in [5.74, 6) is -2.75. The van der Waals surface area contributed by atoms with Crippen molar-refractivity contribution in [3.05, 3.63) is 32.4 Å². The van der Waals surface area contributed by atoms with Crippen molar-refractivity contribution >= 4 is 28.9 Å². The van der Waals surface area contributed by atoms with Crippen LogP contribution in [0.25, 0.3) is 0 Å². The Bertz CT molecular complexity index is 627. The van der Waals surface area contributed by atoms with E-state index in [0.29, 0.717) is 6.07 Å². The molecule has 0 saturated heterocycles. The number of nitro groups is 2. The molecule has 0 atom stereocenters. The number of methoxy groups -OCH3 is 1. The highest BCUT2D eigenvalue weighted by Gasteiger charge is 2.26. The summed E-state index contributed by atoms with van der Waals surface area (Å²) in [5, 5.41) is 32.1. The molecule has 0 unspecified atom stereocenters. The number of amides is 1. The summed E-state index contributed by atoms with van der Waals surface area (Å²) in [6.45, 7) is 0. The van der Waals surface area contributed by atoms with Gasteiger partial charge in [0.25, 0.3) is 5.69 Å². The number of aliphatic carboxylic acids is 1. The fraction of sp³-hybridized carbons (Fsp3) is 0.200. The first-order valence-electron chi connectivity index (χ1n) is 5.28. The number of carboxylic acids is 1. The zero-order chi connectivity index (χ0) is 16.2. The van der Waals surface area contributed by atoms with Crippen LogP contribution in [0.3, 0.4) is 0 Å². The van der Waals surface area contributed by atoms with Gasteiger partial charge in [-0.25, -0.2) is 0 Å². The summed E-state index contributed by atoms with van der Waals surface area (Å²) in [6, 6.07) is 1.51. The Balaban J connectivity index is 3.29. The second kappa shape index (κ2) is 6.27. The Morgan fingerprint density at radius 3 is 2.24 bits per heavy atom. The number of carbonyl (C=O) groups excluding carboxylic acids is 1. The lowest BCUT2D eigenvalue weighted by Gasteiger charge is -2.07. The normalized spacial score (nSPS) is 9.76. The molecule has 2 N–H and O–H groups in total. The van der Waals surface area contributed by atoms with Crippen LogP contribution < -0.4 is 10.1 Å². The third-order valence-corrected chi connectivity index (χ3v) is 2.28. The molecule has 0 radical (unpaired) electrons. The van der Waals surface area contributed by atoms with Crippen LogP contribution in [0.15, 0.2) is 12.1 Å². The molecule has 0 aliphatic rings. The van der Waals surface area contributed by atoms with E-state index in [-0.39, 0.29) is 5.75 Å². The number of anilines is 1. The van der Waals surface area contributed by atoms with Gasteiger partial charge in [-0.2, -0.15) is 0 Å². The molecular formula is C10H9N3O8. The van der Waals surface area contributed by atoms with Gasteiger partial charge in [0.05, 0.1) is 23.0 Å². The topological polar surface area (TPSA) is 162 Å². The highest BCUT2D eigenvalue weighted by atomic mass is 16.6.